The van der Waals surface area contributed by atoms with Crippen LogP contribution in [0, 0.1) is 0 Å². The first kappa shape index (κ1) is 11.8. The first-order valence-electron chi connectivity index (χ1n) is 5.17. The van der Waals surface area contributed by atoms with Crippen LogP contribution in [0.2, 0.25) is 0 Å². The van der Waals surface area contributed by atoms with Crippen molar-refractivity contribution in [3.05, 3.63) is 36.7 Å². The van der Waals surface area contributed by atoms with Gasteiger partial charge in [-0.1, -0.05) is 12.1 Å². The fourth-order valence-electron chi connectivity index (χ4n) is 1.47. The molecule has 1 aromatic heterocycles. The normalized spacial score (nSPS) is 10.0. The third-order valence-electron chi connectivity index (χ3n) is 2.23. The van der Waals surface area contributed by atoms with Gasteiger partial charge in [0.25, 0.3) is 0 Å². The van der Waals surface area contributed by atoms with Crippen LogP contribution in [-0.4, -0.2) is 28.7 Å². The summed E-state index contributed by atoms with van der Waals surface area (Å²) in [5.74, 6) is -0.771. The highest BCUT2D eigenvalue weighted by Gasteiger charge is 2.08. The lowest BCUT2D eigenvalue weighted by Gasteiger charge is -2.07. The first-order valence-corrected chi connectivity index (χ1v) is 5.17. The largest absolute Gasteiger partial charge is 0.480 e. The average Bonchev–Trinajstić information content (AvgIpc) is 2.37. The Hall–Kier alpha value is -2.63. The highest BCUT2D eigenvalue weighted by Crippen LogP contribution is 2.24. The Morgan fingerprint density at radius 3 is 2.94 bits per heavy atom. The number of carbonyl (C=O) groups is 2. The summed E-state index contributed by atoms with van der Waals surface area (Å²) >= 11 is 0. The summed E-state index contributed by atoms with van der Waals surface area (Å²) in [7, 11) is 0. The summed E-state index contributed by atoms with van der Waals surface area (Å²) in [4.78, 5) is 25.6. The van der Waals surface area contributed by atoms with Crippen molar-refractivity contribution in [1.29, 1.82) is 0 Å². The number of fused-ring (bicyclic) bond motifs is 1. The third kappa shape index (κ3) is 2.73. The molecule has 1 heterocycles. The Morgan fingerprint density at radius 1 is 1.33 bits per heavy atom. The molecule has 0 saturated heterocycles. The molecule has 0 spiro atoms. The highest BCUT2D eigenvalue weighted by atomic mass is 16.6. The van der Waals surface area contributed by atoms with Gasteiger partial charge in [0.05, 0.1) is 0 Å². The maximum Gasteiger partial charge on any atom is 0.413 e. The van der Waals surface area contributed by atoms with Gasteiger partial charge < -0.3 is 15.2 Å². The zero-order valence-electron chi connectivity index (χ0n) is 9.29. The maximum atomic E-state index is 11.3. The fourth-order valence-corrected chi connectivity index (χ4v) is 1.47. The van der Waals surface area contributed by atoms with Crippen molar-refractivity contribution in [3.63, 3.8) is 0 Å². The molecule has 0 radical (unpaired) electrons. The Balaban J connectivity index is 2.16. The number of rotatable bonds is 3. The number of aromatic nitrogens is 1. The molecule has 0 unspecified atom stereocenters. The number of carboxylic acid groups (broad SMARTS) is 1. The van der Waals surface area contributed by atoms with Gasteiger partial charge in [-0.2, -0.15) is 0 Å². The number of nitrogens with one attached hydrogen (secondary N) is 1. The molecule has 0 bridgehead atoms. The van der Waals surface area contributed by atoms with Gasteiger partial charge in [0.15, 0.2) is 0 Å². The minimum atomic E-state index is -1.13. The van der Waals surface area contributed by atoms with Crippen LogP contribution in [0.25, 0.3) is 10.8 Å². The molecule has 0 saturated carbocycles. The second-order valence-corrected chi connectivity index (χ2v) is 3.49. The predicted molar refractivity (Wildman–Crippen MR) is 63.4 cm³/mol. The molecule has 2 N–H and O–H groups in total. The minimum Gasteiger partial charge on any atom is -0.480 e. The molecule has 0 atom stereocenters. The van der Waals surface area contributed by atoms with Crippen LogP contribution < -0.4 is 10.1 Å². The van der Waals surface area contributed by atoms with Gasteiger partial charge in [-0.3, -0.25) is 9.78 Å². The summed E-state index contributed by atoms with van der Waals surface area (Å²) < 4.78 is 5.04. The maximum absolute atomic E-state index is 11.3. The van der Waals surface area contributed by atoms with E-state index < -0.39 is 18.6 Å². The Morgan fingerprint density at radius 2 is 2.17 bits per heavy atom. The molecule has 0 aliphatic heterocycles. The predicted octanol–water partition coefficient (Wildman–Crippen LogP) is 1.41. The molecule has 6 heteroatoms. The van der Waals surface area contributed by atoms with Crippen LogP contribution >= 0.6 is 0 Å². The second kappa shape index (κ2) is 5.13. The molecule has 6 nitrogen and oxygen atoms in total. The lowest BCUT2D eigenvalue weighted by molar-refractivity contribution is -0.135. The highest BCUT2D eigenvalue weighted by molar-refractivity contribution is 5.89. The molecule has 92 valence electrons. The number of carboxylic acids is 1. The van der Waals surface area contributed by atoms with Crippen LogP contribution in [0.15, 0.2) is 36.7 Å². The summed E-state index contributed by atoms with van der Waals surface area (Å²) in [6, 6.07) is 6.91. The van der Waals surface area contributed by atoms with E-state index in [2.05, 4.69) is 10.3 Å². The van der Waals surface area contributed by atoms with Crippen LogP contribution in [0.1, 0.15) is 0 Å². The van der Waals surface area contributed by atoms with E-state index in [9.17, 15) is 9.59 Å². The molecule has 0 fully saturated rings. The van der Waals surface area contributed by atoms with E-state index in [-0.39, 0.29) is 0 Å². The third-order valence-corrected chi connectivity index (χ3v) is 2.23. The van der Waals surface area contributed by atoms with Gasteiger partial charge in [-0.15, -0.1) is 0 Å². The van der Waals surface area contributed by atoms with Crippen molar-refractivity contribution < 1.29 is 19.4 Å². The lowest BCUT2D eigenvalue weighted by Crippen LogP contribution is -2.31. The summed E-state index contributed by atoms with van der Waals surface area (Å²) in [6.45, 7) is -0.481. The molecular weight excluding hydrogens is 236 g/mol. The van der Waals surface area contributed by atoms with Crippen LogP contribution in [0.4, 0.5) is 4.79 Å². The zero-order chi connectivity index (χ0) is 13.0. The van der Waals surface area contributed by atoms with Crippen LogP contribution in [0.3, 0.4) is 0 Å². The molecule has 2 aromatic rings. The smallest absolute Gasteiger partial charge is 0.413 e. The van der Waals surface area contributed by atoms with E-state index in [1.165, 1.54) is 0 Å². The topological polar surface area (TPSA) is 88.5 Å². The van der Waals surface area contributed by atoms with Gasteiger partial charge in [0.1, 0.15) is 12.3 Å². The average molecular weight is 246 g/mol. The number of hydrogen-bond acceptors (Lipinski definition) is 4. The first-order chi connectivity index (χ1) is 8.66. The van der Waals surface area contributed by atoms with Crippen molar-refractivity contribution in [2.24, 2.45) is 0 Å². The number of nitrogens with zero attached hydrogens (tertiary/aromatic N) is 1. The van der Waals surface area contributed by atoms with Crippen molar-refractivity contribution in [1.82, 2.24) is 10.3 Å². The van der Waals surface area contributed by atoms with Crippen molar-refractivity contribution >= 4 is 22.8 Å². The minimum absolute atomic E-state index is 0.359. The lowest BCUT2D eigenvalue weighted by atomic mass is 10.1. The van der Waals surface area contributed by atoms with E-state index in [1.54, 1.807) is 30.6 Å². The van der Waals surface area contributed by atoms with Crippen molar-refractivity contribution in [2.75, 3.05) is 6.54 Å². The summed E-state index contributed by atoms with van der Waals surface area (Å²) in [5.41, 5.74) is 0. The van der Waals surface area contributed by atoms with Gasteiger partial charge in [0, 0.05) is 23.2 Å². The van der Waals surface area contributed by atoms with Gasteiger partial charge in [-0.05, 0) is 12.1 Å². The van der Waals surface area contributed by atoms with Crippen LogP contribution in [-0.2, 0) is 4.79 Å². The fraction of sp³-hybridized carbons (Fsp3) is 0.0833. The molecule has 0 aliphatic carbocycles. The summed E-state index contributed by atoms with van der Waals surface area (Å²) in [5, 5.41) is 12.1. The Labute approximate surface area is 102 Å². The van der Waals surface area contributed by atoms with E-state index in [0.717, 1.165) is 10.8 Å². The Kier molecular flexibility index (Phi) is 3.38. The van der Waals surface area contributed by atoms with Crippen LogP contribution in [0.5, 0.6) is 5.75 Å². The Bertz CT molecular complexity index is 592. The summed E-state index contributed by atoms with van der Waals surface area (Å²) in [6.07, 6.45) is 2.43. The number of ether oxygens (including phenoxy) is 1. The second-order valence-electron chi connectivity index (χ2n) is 3.49. The molecule has 0 aliphatic rings. The number of amides is 1. The standard InChI is InChI=1S/C12H10N2O4/c15-11(16)7-14-12(17)18-10-3-1-2-8-6-13-5-4-9(8)10/h1-6H,7H2,(H,14,17)(H,15,16). The van der Waals surface area contributed by atoms with Crippen molar-refractivity contribution in [3.8, 4) is 5.75 Å². The van der Waals surface area contributed by atoms with Crippen molar-refractivity contribution in [2.45, 2.75) is 0 Å². The molecule has 18 heavy (non-hydrogen) atoms. The number of benzene rings is 1. The molecular formula is C12H10N2O4. The van der Waals surface area contributed by atoms with Gasteiger partial charge in [-0.25, -0.2) is 4.79 Å². The number of carbonyl (C=O) groups excluding carboxylic acids is 1. The van der Waals surface area contributed by atoms with E-state index in [4.69, 9.17) is 9.84 Å². The number of aliphatic carboxylic acids is 1. The molecule has 2 rings (SSSR count). The van der Waals surface area contributed by atoms with Gasteiger partial charge >= 0.3 is 12.1 Å². The van der Waals surface area contributed by atoms with Gasteiger partial charge in [0.2, 0.25) is 0 Å². The number of pyridine rings is 1. The monoisotopic (exact) mass is 246 g/mol. The van der Waals surface area contributed by atoms with E-state index >= 15 is 0 Å². The van der Waals surface area contributed by atoms with E-state index in [1.807, 2.05) is 6.07 Å². The molecule has 1 aromatic carbocycles. The SMILES string of the molecule is O=C(O)CNC(=O)Oc1cccc2cnccc12. The van der Waals surface area contributed by atoms with E-state index in [0.29, 0.717) is 5.75 Å². The number of hydrogen-bond donors (Lipinski definition) is 2. The quantitative estimate of drug-likeness (QED) is 0.854. The molecule has 1 amide bonds. The zero-order valence-corrected chi connectivity index (χ0v) is 9.29.